The Bertz CT molecular complexity index is 225. The second-order valence-electron chi connectivity index (χ2n) is 5.97. The van der Waals surface area contributed by atoms with Gasteiger partial charge in [0.05, 0.1) is 19.3 Å². The third-order valence-corrected chi connectivity index (χ3v) is 4.69. The number of hydrogen-bond acceptors (Lipinski definition) is 2. The largest absolute Gasteiger partial charge is 0.375 e. The van der Waals surface area contributed by atoms with Gasteiger partial charge in [0.25, 0.3) is 0 Å². The smallest absolute Gasteiger partial charge is 0.104 e. The lowest BCUT2D eigenvalue weighted by atomic mass is 9.66. The van der Waals surface area contributed by atoms with Gasteiger partial charge in [0.2, 0.25) is 0 Å². The highest BCUT2D eigenvalue weighted by atomic mass is 16.6. The number of hydrogen-bond donors (Lipinski definition) is 0. The van der Waals surface area contributed by atoms with Crippen molar-refractivity contribution in [1.82, 2.24) is 0 Å². The lowest BCUT2D eigenvalue weighted by Gasteiger charge is -2.42. The van der Waals surface area contributed by atoms with Crippen LogP contribution in [0.4, 0.5) is 0 Å². The molecule has 16 heavy (non-hydrogen) atoms. The third kappa shape index (κ3) is 2.98. The van der Waals surface area contributed by atoms with Crippen LogP contribution in [0.5, 0.6) is 0 Å². The normalized spacial score (nSPS) is 40.7. The van der Waals surface area contributed by atoms with Crippen LogP contribution in [0.3, 0.4) is 0 Å². The summed E-state index contributed by atoms with van der Waals surface area (Å²) < 4.78 is 11.2. The van der Waals surface area contributed by atoms with Crippen LogP contribution in [0.25, 0.3) is 0 Å². The van der Waals surface area contributed by atoms with Crippen molar-refractivity contribution >= 4 is 0 Å². The van der Waals surface area contributed by atoms with E-state index >= 15 is 0 Å². The zero-order chi connectivity index (χ0) is 11.6. The van der Waals surface area contributed by atoms with E-state index in [9.17, 15) is 0 Å². The number of rotatable bonds is 5. The first kappa shape index (κ1) is 12.4. The molecule has 94 valence electrons. The van der Waals surface area contributed by atoms with E-state index < -0.39 is 0 Å². The fourth-order valence-corrected chi connectivity index (χ4v) is 2.95. The quantitative estimate of drug-likeness (QED) is 0.670. The minimum atomic E-state index is 0.414. The van der Waals surface area contributed by atoms with Crippen molar-refractivity contribution in [3.8, 4) is 0 Å². The monoisotopic (exact) mass is 226 g/mol. The molecule has 0 radical (unpaired) electrons. The summed E-state index contributed by atoms with van der Waals surface area (Å²) in [7, 11) is 0. The molecule has 2 fully saturated rings. The summed E-state index contributed by atoms with van der Waals surface area (Å²) in [6.07, 6.45) is 7.38. The van der Waals surface area contributed by atoms with Crippen molar-refractivity contribution in [2.75, 3.05) is 13.2 Å². The Morgan fingerprint density at radius 3 is 2.88 bits per heavy atom. The molecule has 1 aliphatic carbocycles. The third-order valence-electron chi connectivity index (χ3n) is 4.69. The van der Waals surface area contributed by atoms with Crippen LogP contribution < -0.4 is 0 Å². The molecular weight excluding hydrogens is 200 g/mol. The Labute approximate surface area is 99.7 Å². The van der Waals surface area contributed by atoms with Gasteiger partial charge in [-0.25, -0.2) is 0 Å². The number of ether oxygens (including phenoxy) is 2. The van der Waals surface area contributed by atoms with Crippen molar-refractivity contribution in [3.05, 3.63) is 0 Å². The molecule has 1 aliphatic heterocycles. The minimum absolute atomic E-state index is 0.414. The topological polar surface area (TPSA) is 21.8 Å². The Hall–Kier alpha value is -0.0800. The van der Waals surface area contributed by atoms with E-state index in [1.807, 2.05) is 0 Å². The maximum Gasteiger partial charge on any atom is 0.104 e. The second kappa shape index (κ2) is 5.05. The highest BCUT2D eigenvalue weighted by Gasteiger charge is 2.37. The van der Waals surface area contributed by atoms with E-state index in [-0.39, 0.29) is 0 Å². The Morgan fingerprint density at radius 2 is 2.25 bits per heavy atom. The van der Waals surface area contributed by atoms with Gasteiger partial charge < -0.3 is 9.47 Å². The standard InChI is InChI=1S/C14H26O2/c1-4-11(2)14(3)7-5-6-12(8-14)15-9-13-10-16-13/h11-13H,4-10H2,1-3H3/t11-,12?,13?,14?/m0/s1. The molecule has 2 aliphatic rings. The molecule has 1 saturated carbocycles. The first-order chi connectivity index (χ1) is 7.64. The molecule has 3 unspecified atom stereocenters. The lowest BCUT2D eigenvalue weighted by Crippen LogP contribution is -2.35. The molecule has 0 aromatic heterocycles. The lowest BCUT2D eigenvalue weighted by molar-refractivity contribution is -0.0330. The summed E-state index contributed by atoms with van der Waals surface area (Å²) in [5.74, 6) is 0.816. The second-order valence-corrected chi connectivity index (χ2v) is 5.97. The van der Waals surface area contributed by atoms with Crippen LogP contribution in [-0.2, 0) is 9.47 Å². The molecule has 0 spiro atoms. The Balaban J connectivity index is 1.81. The summed E-state index contributed by atoms with van der Waals surface area (Å²) in [4.78, 5) is 0. The van der Waals surface area contributed by atoms with E-state index in [2.05, 4.69) is 20.8 Å². The molecule has 4 atom stereocenters. The first-order valence-corrected chi connectivity index (χ1v) is 6.87. The minimum Gasteiger partial charge on any atom is -0.375 e. The van der Waals surface area contributed by atoms with Gasteiger partial charge in [-0.1, -0.05) is 33.6 Å². The van der Waals surface area contributed by atoms with E-state index in [1.165, 1.54) is 32.1 Å². The van der Waals surface area contributed by atoms with E-state index in [4.69, 9.17) is 9.47 Å². The van der Waals surface area contributed by atoms with Crippen LogP contribution >= 0.6 is 0 Å². The van der Waals surface area contributed by atoms with Gasteiger partial charge in [-0.15, -0.1) is 0 Å². The first-order valence-electron chi connectivity index (χ1n) is 6.87. The molecule has 2 heteroatoms. The SMILES string of the molecule is CC[C@H](C)C1(C)CCCC(OCC2CO2)C1. The van der Waals surface area contributed by atoms with E-state index in [0.29, 0.717) is 17.6 Å². The van der Waals surface area contributed by atoms with Crippen LogP contribution in [0.15, 0.2) is 0 Å². The van der Waals surface area contributed by atoms with Crippen LogP contribution in [-0.4, -0.2) is 25.4 Å². The molecule has 2 nitrogen and oxygen atoms in total. The zero-order valence-electron chi connectivity index (χ0n) is 11.0. The molecule has 0 N–H and O–H groups in total. The van der Waals surface area contributed by atoms with Gasteiger partial charge in [-0.2, -0.15) is 0 Å². The predicted molar refractivity (Wildman–Crippen MR) is 65.5 cm³/mol. The van der Waals surface area contributed by atoms with Crippen molar-refractivity contribution in [2.45, 2.75) is 65.1 Å². The summed E-state index contributed by atoms with van der Waals surface area (Å²) in [5, 5.41) is 0. The molecular formula is C14H26O2. The average molecular weight is 226 g/mol. The van der Waals surface area contributed by atoms with E-state index in [0.717, 1.165) is 19.1 Å². The summed E-state index contributed by atoms with van der Waals surface area (Å²) in [6, 6.07) is 0. The average Bonchev–Trinajstić information content (AvgIpc) is 3.09. The molecule has 0 amide bonds. The summed E-state index contributed by atoms with van der Waals surface area (Å²) in [6.45, 7) is 8.88. The molecule has 1 heterocycles. The number of epoxide rings is 1. The summed E-state index contributed by atoms with van der Waals surface area (Å²) >= 11 is 0. The van der Waals surface area contributed by atoms with Crippen molar-refractivity contribution in [1.29, 1.82) is 0 Å². The highest BCUT2D eigenvalue weighted by Crippen LogP contribution is 2.44. The predicted octanol–water partition coefficient (Wildman–Crippen LogP) is 3.40. The van der Waals surface area contributed by atoms with Crippen molar-refractivity contribution in [3.63, 3.8) is 0 Å². The molecule has 0 aromatic carbocycles. The van der Waals surface area contributed by atoms with Gasteiger partial charge in [0.15, 0.2) is 0 Å². The van der Waals surface area contributed by atoms with Gasteiger partial charge in [0, 0.05) is 0 Å². The van der Waals surface area contributed by atoms with Crippen molar-refractivity contribution in [2.24, 2.45) is 11.3 Å². The van der Waals surface area contributed by atoms with Crippen LogP contribution in [0.1, 0.15) is 52.9 Å². The van der Waals surface area contributed by atoms with Crippen LogP contribution in [0, 0.1) is 11.3 Å². The highest BCUT2D eigenvalue weighted by molar-refractivity contribution is 4.87. The van der Waals surface area contributed by atoms with Gasteiger partial charge >= 0.3 is 0 Å². The van der Waals surface area contributed by atoms with Gasteiger partial charge in [0.1, 0.15) is 6.10 Å². The molecule has 1 saturated heterocycles. The van der Waals surface area contributed by atoms with Crippen molar-refractivity contribution < 1.29 is 9.47 Å². The fraction of sp³-hybridized carbons (Fsp3) is 1.00. The van der Waals surface area contributed by atoms with E-state index in [1.54, 1.807) is 0 Å². The van der Waals surface area contributed by atoms with Crippen LogP contribution in [0.2, 0.25) is 0 Å². The van der Waals surface area contributed by atoms with Gasteiger partial charge in [-0.05, 0) is 30.6 Å². The zero-order valence-corrected chi connectivity index (χ0v) is 11.0. The maximum atomic E-state index is 5.97. The van der Waals surface area contributed by atoms with Gasteiger partial charge in [-0.3, -0.25) is 0 Å². The molecule has 0 aromatic rings. The Morgan fingerprint density at radius 1 is 1.50 bits per heavy atom. The summed E-state index contributed by atoms with van der Waals surface area (Å²) in [5.41, 5.74) is 0.502. The molecule has 0 bridgehead atoms. The maximum absolute atomic E-state index is 5.97. The fourth-order valence-electron chi connectivity index (χ4n) is 2.95. The Kier molecular flexibility index (Phi) is 3.91. The molecule has 2 rings (SSSR count).